The Kier molecular flexibility index (Phi) is 4.85. The van der Waals surface area contributed by atoms with Crippen molar-refractivity contribution in [2.75, 3.05) is 27.3 Å². The van der Waals surface area contributed by atoms with Crippen molar-refractivity contribution < 1.29 is 9.47 Å². The van der Waals surface area contributed by atoms with Crippen LogP contribution < -0.4 is 15.0 Å². The normalized spacial score (nSPS) is 14.8. The van der Waals surface area contributed by atoms with Gasteiger partial charge in [-0.3, -0.25) is 9.69 Å². The minimum Gasteiger partial charge on any atom is -0.493 e. The lowest BCUT2D eigenvalue weighted by Gasteiger charge is -2.21. The zero-order valence-electron chi connectivity index (χ0n) is 14.4. The Labute approximate surface area is 141 Å². The molecule has 2 aromatic rings. The molecular formula is C18H23N3O3. The number of ether oxygens (including phenoxy) is 2. The molecule has 0 spiro atoms. The van der Waals surface area contributed by atoms with Crippen LogP contribution in [-0.2, 0) is 19.4 Å². The van der Waals surface area contributed by atoms with Gasteiger partial charge in [-0.1, -0.05) is 12.1 Å². The van der Waals surface area contributed by atoms with E-state index in [0.717, 1.165) is 54.4 Å². The molecule has 1 aromatic heterocycles. The number of aromatic nitrogens is 2. The number of fused-ring (bicyclic) bond motifs is 1. The van der Waals surface area contributed by atoms with Crippen LogP contribution in [-0.4, -0.2) is 42.2 Å². The Morgan fingerprint density at radius 3 is 2.75 bits per heavy atom. The smallest absolute Gasteiger partial charge is 0.254 e. The maximum absolute atomic E-state index is 12.1. The molecule has 0 unspecified atom stereocenters. The fourth-order valence-electron chi connectivity index (χ4n) is 3.26. The van der Waals surface area contributed by atoms with E-state index in [1.54, 1.807) is 14.2 Å². The summed E-state index contributed by atoms with van der Waals surface area (Å²) in [5.74, 6) is 2.19. The van der Waals surface area contributed by atoms with Crippen LogP contribution in [0.2, 0.25) is 0 Å². The third-order valence-corrected chi connectivity index (χ3v) is 4.44. The van der Waals surface area contributed by atoms with Crippen LogP contribution in [0.1, 0.15) is 22.6 Å². The fraction of sp³-hybridized carbons (Fsp3) is 0.444. The van der Waals surface area contributed by atoms with E-state index >= 15 is 0 Å². The average molecular weight is 329 g/mol. The summed E-state index contributed by atoms with van der Waals surface area (Å²) in [5, 5.41) is 0. The number of aromatic amines is 1. The van der Waals surface area contributed by atoms with Gasteiger partial charge in [0.2, 0.25) is 0 Å². The number of H-pyrrole nitrogens is 1. The van der Waals surface area contributed by atoms with Crippen LogP contribution in [0.25, 0.3) is 0 Å². The van der Waals surface area contributed by atoms with Gasteiger partial charge in [0, 0.05) is 37.2 Å². The summed E-state index contributed by atoms with van der Waals surface area (Å²) in [6.07, 6.45) is 1.50. The summed E-state index contributed by atoms with van der Waals surface area (Å²) >= 11 is 0. The highest BCUT2D eigenvalue weighted by Crippen LogP contribution is 2.31. The van der Waals surface area contributed by atoms with Crippen molar-refractivity contribution in [3.8, 4) is 11.5 Å². The van der Waals surface area contributed by atoms with E-state index in [2.05, 4.69) is 20.9 Å². The van der Waals surface area contributed by atoms with Gasteiger partial charge < -0.3 is 14.5 Å². The number of hydrogen-bond donors (Lipinski definition) is 1. The van der Waals surface area contributed by atoms with Crippen LogP contribution in [0.5, 0.6) is 11.5 Å². The summed E-state index contributed by atoms with van der Waals surface area (Å²) in [5.41, 5.74) is 2.83. The molecule has 0 aliphatic carbocycles. The minimum atomic E-state index is -0.00156. The number of methoxy groups -OCH3 is 2. The zero-order chi connectivity index (χ0) is 17.1. The van der Waals surface area contributed by atoms with Crippen LogP contribution in [0.15, 0.2) is 23.0 Å². The minimum absolute atomic E-state index is 0.00156. The standard InChI is InChI=1S/C18H23N3O3/c1-12-19-15-8-10-21(9-7-14(15)18(22)20-12)11-13-5-4-6-16(23-2)17(13)24-3/h4-6H,7-11H2,1-3H3,(H,19,20,22). The zero-order valence-corrected chi connectivity index (χ0v) is 14.4. The number of benzene rings is 1. The highest BCUT2D eigenvalue weighted by molar-refractivity contribution is 5.46. The predicted molar refractivity (Wildman–Crippen MR) is 91.8 cm³/mol. The number of nitrogens with zero attached hydrogens (tertiary/aromatic N) is 2. The maximum Gasteiger partial charge on any atom is 0.254 e. The molecule has 6 heteroatoms. The second-order valence-corrected chi connectivity index (χ2v) is 6.01. The number of nitrogens with one attached hydrogen (secondary N) is 1. The lowest BCUT2D eigenvalue weighted by Crippen LogP contribution is -2.26. The first kappa shape index (κ1) is 16.5. The van der Waals surface area contributed by atoms with Gasteiger partial charge in [-0.25, -0.2) is 4.98 Å². The summed E-state index contributed by atoms with van der Waals surface area (Å²) in [7, 11) is 3.30. The van der Waals surface area contributed by atoms with Crippen LogP contribution in [0.3, 0.4) is 0 Å². The second kappa shape index (κ2) is 7.05. The van der Waals surface area contributed by atoms with E-state index < -0.39 is 0 Å². The summed E-state index contributed by atoms with van der Waals surface area (Å²) in [4.78, 5) is 21.8. The second-order valence-electron chi connectivity index (χ2n) is 6.01. The number of hydrogen-bond acceptors (Lipinski definition) is 5. The molecule has 1 aliphatic heterocycles. The summed E-state index contributed by atoms with van der Waals surface area (Å²) in [6.45, 7) is 4.27. The fourth-order valence-corrected chi connectivity index (χ4v) is 3.26. The molecule has 24 heavy (non-hydrogen) atoms. The molecule has 0 bridgehead atoms. The number of aryl methyl sites for hydroxylation is 1. The van der Waals surface area contributed by atoms with E-state index in [-0.39, 0.29) is 5.56 Å². The molecule has 1 N–H and O–H groups in total. The first-order valence-electron chi connectivity index (χ1n) is 8.13. The molecule has 1 aromatic carbocycles. The van der Waals surface area contributed by atoms with E-state index in [1.807, 2.05) is 19.1 Å². The molecule has 2 heterocycles. The average Bonchev–Trinajstić information content (AvgIpc) is 2.77. The summed E-state index contributed by atoms with van der Waals surface area (Å²) < 4.78 is 10.9. The Morgan fingerprint density at radius 1 is 1.21 bits per heavy atom. The third-order valence-electron chi connectivity index (χ3n) is 4.44. The van der Waals surface area contributed by atoms with Crippen molar-refractivity contribution >= 4 is 0 Å². The van der Waals surface area contributed by atoms with Gasteiger partial charge in [0.1, 0.15) is 5.82 Å². The highest BCUT2D eigenvalue weighted by atomic mass is 16.5. The maximum atomic E-state index is 12.1. The van der Waals surface area contributed by atoms with E-state index in [4.69, 9.17) is 9.47 Å². The molecule has 1 aliphatic rings. The first-order chi connectivity index (χ1) is 11.6. The third kappa shape index (κ3) is 3.28. The van der Waals surface area contributed by atoms with E-state index in [9.17, 15) is 4.79 Å². The van der Waals surface area contributed by atoms with Gasteiger partial charge >= 0.3 is 0 Å². The molecule has 0 radical (unpaired) electrons. The Morgan fingerprint density at radius 2 is 2.00 bits per heavy atom. The van der Waals surface area contributed by atoms with E-state index in [0.29, 0.717) is 12.2 Å². The molecule has 128 valence electrons. The van der Waals surface area contributed by atoms with Crippen molar-refractivity contribution in [3.63, 3.8) is 0 Å². The van der Waals surface area contributed by atoms with Crippen molar-refractivity contribution in [1.82, 2.24) is 14.9 Å². The topological polar surface area (TPSA) is 67.5 Å². The Bertz CT molecular complexity index is 786. The predicted octanol–water partition coefficient (Wildman–Crippen LogP) is 1.70. The monoisotopic (exact) mass is 329 g/mol. The largest absolute Gasteiger partial charge is 0.493 e. The van der Waals surface area contributed by atoms with Crippen molar-refractivity contribution in [1.29, 1.82) is 0 Å². The highest BCUT2D eigenvalue weighted by Gasteiger charge is 2.20. The Balaban J connectivity index is 1.80. The van der Waals surface area contributed by atoms with Gasteiger partial charge in [-0.2, -0.15) is 0 Å². The van der Waals surface area contributed by atoms with Crippen LogP contribution >= 0.6 is 0 Å². The van der Waals surface area contributed by atoms with Gasteiger partial charge in [0.25, 0.3) is 5.56 Å². The molecule has 6 nitrogen and oxygen atoms in total. The van der Waals surface area contributed by atoms with Gasteiger partial charge in [-0.05, 0) is 19.4 Å². The van der Waals surface area contributed by atoms with Crippen molar-refractivity contribution in [2.24, 2.45) is 0 Å². The van der Waals surface area contributed by atoms with E-state index in [1.165, 1.54) is 0 Å². The molecule has 0 saturated heterocycles. The molecule has 3 rings (SSSR count). The lowest BCUT2D eigenvalue weighted by atomic mass is 10.1. The number of rotatable bonds is 4. The molecule has 0 saturated carbocycles. The van der Waals surface area contributed by atoms with Gasteiger partial charge in [0.15, 0.2) is 11.5 Å². The summed E-state index contributed by atoms with van der Waals surface area (Å²) in [6, 6.07) is 5.92. The quantitative estimate of drug-likeness (QED) is 0.925. The van der Waals surface area contributed by atoms with Gasteiger partial charge in [-0.15, -0.1) is 0 Å². The SMILES string of the molecule is COc1cccc(CN2CCc3nc(C)[nH]c(=O)c3CC2)c1OC. The molecular weight excluding hydrogens is 306 g/mol. The van der Waals surface area contributed by atoms with Crippen molar-refractivity contribution in [3.05, 3.63) is 51.2 Å². The number of para-hydroxylation sites is 1. The molecule has 0 amide bonds. The molecule has 0 fully saturated rings. The van der Waals surface area contributed by atoms with Crippen molar-refractivity contribution in [2.45, 2.75) is 26.3 Å². The first-order valence-corrected chi connectivity index (χ1v) is 8.13. The molecule has 0 atom stereocenters. The van der Waals surface area contributed by atoms with Crippen LogP contribution in [0, 0.1) is 6.92 Å². The Hall–Kier alpha value is -2.34. The van der Waals surface area contributed by atoms with Gasteiger partial charge in [0.05, 0.1) is 19.9 Å². The van der Waals surface area contributed by atoms with Crippen LogP contribution in [0.4, 0.5) is 0 Å². The lowest BCUT2D eigenvalue weighted by molar-refractivity contribution is 0.270.